The Morgan fingerprint density at radius 2 is 1.00 bits per heavy atom. The lowest BCUT2D eigenvalue weighted by Crippen LogP contribution is -2.50. The highest BCUT2D eigenvalue weighted by Gasteiger charge is 2.77. The van der Waals surface area contributed by atoms with Gasteiger partial charge in [-0.15, -0.1) is 0 Å². The molecule has 6 atom stereocenters. The molecule has 0 heterocycles. The second kappa shape index (κ2) is 7.38. The van der Waals surface area contributed by atoms with Crippen molar-refractivity contribution >= 4 is 0 Å². The molecule has 0 radical (unpaired) electrons. The monoisotopic (exact) mass is 448 g/mol. The average Bonchev–Trinajstić information content (AvgIpc) is 3.22. The Labute approximate surface area is 200 Å². The Morgan fingerprint density at radius 3 is 1.59 bits per heavy atom. The number of benzene rings is 4. The van der Waals surface area contributed by atoms with Crippen LogP contribution in [0.25, 0.3) is 0 Å². The molecule has 2 aliphatic rings. The van der Waals surface area contributed by atoms with Crippen molar-refractivity contribution in [3.05, 3.63) is 143 Å². The lowest BCUT2D eigenvalue weighted by molar-refractivity contribution is -0.187. The molecule has 0 unspecified atom stereocenters. The quantitative estimate of drug-likeness (QED) is 0.405. The summed E-state index contributed by atoms with van der Waals surface area (Å²) in [5, 5.41) is 37.9. The molecule has 1 saturated carbocycles. The first-order valence-corrected chi connectivity index (χ1v) is 11.8. The molecule has 34 heavy (non-hydrogen) atoms. The molecule has 3 N–H and O–H groups in total. The molecular weight excluding hydrogens is 420 g/mol. The van der Waals surface area contributed by atoms with E-state index in [0.29, 0.717) is 16.7 Å². The van der Waals surface area contributed by atoms with Crippen LogP contribution < -0.4 is 0 Å². The first-order valence-electron chi connectivity index (χ1n) is 11.8. The van der Waals surface area contributed by atoms with Crippen molar-refractivity contribution in [3.63, 3.8) is 0 Å². The van der Waals surface area contributed by atoms with Gasteiger partial charge < -0.3 is 15.3 Å². The van der Waals surface area contributed by atoms with E-state index in [1.807, 2.05) is 115 Å². The Morgan fingerprint density at radius 1 is 0.529 bits per heavy atom. The minimum absolute atomic E-state index is 0.346. The molecule has 0 spiro atoms. The number of hydrogen-bond donors (Lipinski definition) is 3. The van der Waals surface area contributed by atoms with E-state index in [2.05, 4.69) is 0 Å². The molecule has 170 valence electrons. The van der Waals surface area contributed by atoms with Crippen molar-refractivity contribution in [3.8, 4) is 0 Å². The van der Waals surface area contributed by atoms with Crippen molar-refractivity contribution in [1.82, 2.24) is 0 Å². The molecular formula is C31H28O3. The minimum Gasteiger partial charge on any atom is -0.385 e. The van der Waals surface area contributed by atoms with Gasteiger partial charge in [0.25, 0.3) is 0 Å². The fraction of sp³-hybridized carbons (Fsp3) is 0.226. The first-order chi connectivity index (χ1) is 16.4. The highest BCUT2D eigenvalue weighted by atomic mass is 16.4. The lowest BCUT2D eigenvalue weighted by Gasteiger charge is -2.43. The van der Waals surface area contributed by atoms with E-state index in [9.17, 15) is 15.3 Å². The van der Waals surface area contributed by atoms with Crippen molar-refractivity contribution in [2.75, 3.05) is 0 Å². The van der Waals surface area contributed by atoms with Crippen LogP contribution in [0.4, 0.5) is 0 Å². The van der Waals surface area contributed by atoms with Gasteiger partial charge in [-0.1, -0.05) is 115 Å². The number of hydrogen-bond acceptors (Lipinski definition) is 3. The van der Waals surface area contributed by atoms with Gasteiger partial charge in [0.2, 0.25) is 0 Å². The molecule has 0 saturated heterocycles. The summed E-state index contributed by atoms with van der Waals surface area (Å²) in [4.78, 5) is 0. The van der Waals surface area contributed by atoms with Crippen molar-refractivity contribution in [1.29, 1.82) is 0 Å². The first kappa shape index (κ1) is 21.3. The predicted octanol–water partition coefficient (Wildman–Crippen LogP) is 5.18. The second-order valence-corrected chi connectivity index (χ2v) is 9.89. The summed E-state index contributed by atoms with van der Waals surface area (Å²) in [6.45, 7) is 1.78. The normalized spacial score (nSPS) is 33.9. The van der Waals surface area contributed by atoms with Crippen LogP contribution in [0.3, 0.4) is 0 Å². The van der Waals surface area contributed by atoms with E-state index >= 15 is 0 Å². The van der Waals surface area contributed by atoms with E-state index in [-0.39, 0.29) is 5.92 Å². The van der Waals surface area contributed by atoms with Crippen molar-refractivity contribution in [2.45, 2.75) is 35.6 Å². The molecule has 3 nitrogen and oxygen atoms in total. The van der Waals surface area contributed by atoms with Gasteiger partial charge in [-0.05, 0) is 34.7 Å². The third kappa shape index (κ3) is 2.58. The molecule has 0 amide bonds. The highest BCUT2D eigenvalue weighted by molar-refractivity contribution is 5.56. The molecule has 0 aliphatic heterocycles. The topological polar surface area (TPSA) is 60.7 Å². The third-order valence-corrected chi connectivity index (χ3v) is 8.25. The smallest absolute Gasteiger partial charge is 0.130 e. The second-order valence-electron chi connectivity index (χ2n) is 9.89. The van der Waals surface area contributed by atoms with Crippen molar-refractivity contribution < 1.29 is 15.3 Å². The molecule has 0 aromatic heterocycles. The summed E-state index contributed by atoms with van der Waals surface area (Å²) in [5.74, 6) is -1.51. The summed E-state index contributed by atoms with van der Waals surface area (Å²) in [7, 11) is 0. The van der Waals surface area contributed by atoms with Crippen LogP contribution in [-0.2, 0) is 16.8 Å². The summed E-state index contributed by atoms with van der Waals surface area (Å²) in [6.07, 6.45) is 0. The van der Waals surface area contributed by atoms with Crippen molar-refractivity contribution in [2.24, 2.45) is 5.92 Å². The maximum atomic E-state index is 13.0. The van der Waals surface area contributed by atoms with Gasteiger partial charge in [0.1, 0.15) is 11.2 Å². The number of aliphatic hydroxyl groups is 3. The van der Waals surface area contributed by atoms with Crippen LogP contribution in [0, 0.1) is 5.92 Å². The van der Waals surface area contributed by atoms with Gasteiger partial charge >= 0.3 is 0 Å². The molecule has 0 bridgehead atoms. The van der Waals surface area contributed by atoms with Crippen LogP contribution >= 0.6 is 0 Å². The van der Waals surface area contributed by atoms with Gasteiger partial charge in [0, 0.05) is 17.8 Å². The Balaban J connectivity index is 1.75. The molecule has 4 aromatic carbocycles. The van der Waals surface area contributed by atoms with Gasteiger partial charge in [-0.2, -0.15) is 0 Å². The maximum Gasteiger partial charge on any atom is 0.130 e. The zero-order chi connectivity index (χ0) is 23.6. The number of fused-ring (bicyclic) bond motifs is 3. The van der Waals surface area contributed by atoms with E-state index in [1.165, 1.54) is 0 Å². The summed E-state index contributed by atoms with van der Waals surface area (Å²) in [6, 6.07) is 36.9. The Kier molecular flexibility index (Phi) is 4.62. The zero-order valence-corrected chi connectivity index (χ0v) is 19.0. The molecule has 6 rings (SSSR count). The number of rotatable bonds is 3. The minimum atomic E-state index is -1.71. The molecule has 2 aliphatic carbocycles. The van der Waals surface area contributed by atoms with Crippen LogP contribution in [-0.4, -0.2) is 15.3 Å². The molecule has 1 fully saturated rings. The fourth-order valence-electron chi connectivity index (χ4n) is 7.00. The van der Waals surface area contributed by atoms with E-state index < -0.39 is 28.6 Å². The van der Waals surface area contributed by atoms with Crippen LogP contribution in [0.5, 0.6) is 0 Å². The summed E-state index contributed by atoms with van der Waals surface area (Å²) in [5.41, 5.74) is -0.925. The molecule has 3 heteroatoms. The van der Waals surface area contributed by atoms with Crippen LogP contribution in [0.1, 0.15) is 46.6 Å². The van der Waals surface area contributed by atoms with E-state index in [4.69, 9.17) is 0 Å². The predicted molar refractivity (Wildman–Crippen MR) is 132 cm³/mol. The summed E-state index contributed by atoms with van der Waals surface area (Å²) < 4.78 is 0. The van der Waals surface area contributed by atoms with E-state index in [0.717, 1.165) is 11.1 Å². The van der Waals surface area contributed by atoms with Crippen LogP contribution in [0.2, 0.25) is 0 Å². The third-order valence-electron chi connectivity index (χ3n) is 8.25. The Bertz CT molecular complexity index is 1320. The fourth-order valence-corrected chi connectivity index (χ4v) is 7.00. The standard InChI is InChI=1S/C31H28O3/c1-29(32)24-19-11-12-20-25(24)31(34)28(29)26(21-13-5-2-6-14-21)27(22-15-7-3-8-16-22)30(31,33)23-17-9-4-10-18-23/h2-20,26-28,32-34H,1H3/t26-,27+,28-,29-,30-,31-/m1/s1. The maximum absolute atomic E-state index is 13.0. The summed E-state index contributed by atoms with van der Waals surface area (Å²) >= 11 is 0. The van der Waals surface area contributed by atoms with Crippen LogP contribution in [0.15, 0.2) is 115 Å². The molecule has 4 aromatic rings. The van der Waals surface area contributed by atoms with Gasteiger partial charge in [0.05, 0.1) is 5.60 Å². The van der Waals surface area contributed by atoms with Gasteiger partial charge in [-0.25, -0.2) is 0 Å². The average molecular weight is 449 g/mol. The van der Waals surface area contributed by atoms with E-state index in [1.54, 1.807) is 6.92 Å². The van der Waals surface area contributed by atoms with Gasteiger partial charge in [-0.3, -0.25) is 0 Å². The zero-order valence-electron chi connectivity index (χ0n) is 19.0. The largest absolute Gasteiger partial charge is 0.385 e. The van der Waals surface area contributed by atoms with Gasteiger partial charge in [0.15, 0.2) is 0 Å². The highest BCUT2D eigenvalue weighted by Crippen LogP contribution is 2.74. The lowest BCUT2D eigenvalue weighted by atomic mass is 9.69. The Hall–Kier alpha value is -3.24. The SMILES string of the molecule is C[C@@]1(O)c2ccccc2[C@@]2(O)[C@@H]1[C@H](c1ccccc1)[C@H](c1ccccc1)[C@]2(O)c1ccccc1.